The molecule has 4 heteroatoms. The number of hydrogen-bond acceptors (Lipinski definition) is 1. The second-order valence-electron chi connectivity index (χ2n) is 5.08. The van der Waals surface area contributed by atoms with Gasteiger partial charge in [0.1, 0.15) is 0 Å². The lowest BCUT2D eigenvalue weighted by molar-refractivity contribution is 0.504. The van der Waals surface area contributed by atoms with Gasteiger partial charge in [0.25, 0.3) is 0 Å². The Morgan fingerprint density at radius 1 is 1.10 bits per heavy atom. The quantitative estimate of drug-likeness (QED) is 0.789. The summed E-state index contributed by atoms with van der Waals surface area (Å²) in [6.07, 6.45) is 0. The standard InChI is InChI=1S/C17H18ClF2N/c1-4-21-17(16-10(2)6-5-7-11(16)3)12-8-14(19)15(20)9-13(12)18/h5-9,17,21H,4H2,1-3H3. The first kappa shape index (κ1) is 15.9. The van der Waals surface area contributed by atoms with Crippen LogP contribution in [0.3, 0.4) is 0 Å². The summed E-state index contributed by atoms with van der Waals surface area (Å²) in [6, 6.07) is 7.92. The van der Waals surface area contributed by atoms with Crippen LogP contribution >= 0.6 is 11.6 Å². The highest BCUT2D eigenvalue weighted by molar-refractivity contribution is 6.31. The van der Waals surface area contributed by atoms with Crippen LogP contribution in [0.4, 0.5) is 8.78 Å². The molecule has 0 amide bonds. The Bertz CT molecular complexity index is 635. The van der Waals surface area contributed by atoms with Crippen molar-refractivity contribution in [3.63, 3.8) is 0 Å². The van der Waals surface area contributed by atoms with Crippen molar-refractivity contribution < 1.29 is 8.78 Å². The average Bonchev–Trinajstić information content (AvgIpc) is 2.42. The molecule has 0 spiro atoms. The zero-order chi connectivity index (χ0) is 15.6. The Morgan fingerprint density at radius 2 is 1.67 bits per heavy atom. The molecule has 0 radical (unpaired) electrons. The summed E-state index contributed by atoms with van der Waals surface area (Å²) in [5, 5.41) is 3.54. The molecule has 2 rings (SSSR count). The normalized spacial score (nSPS) is 12.5. The third-order valence-electron chi connectivity index (χ3n) is 3.59. The molecule has 1 nitrogen and oxygen atoms in total. The van der Waals surface area contributed by atoms with E-state index in [1.165, 1.54) is 6.07 Å². The number of hydrogen-bond donors (Lipinski definition) is 1. The molecule has 0 aliphatic carbocycles. The monoisotopic (exact) mass is 309 g/mol. The predicted molar refractivity (Wildman–Crippen MR) is 82.8 cm³/mol. The van der Waals surface area contributed by atoms with Crippen LogP contribution in [0.15, 0.2) is 30.3 Å². The van der Waals surface area contributed by atoms with Gasteiger partial charge in [-0.25, -0.2) is 8.78 Å². The zero-order valence-electron chi connectivity index (χ0n) is 12.3. The number of benzene rings is 2. The van der Waals surface area contributed by atoms with E-state index < -0.39 is 11.6 Å². The molecule has 0 aliphatic heterocycles. The van der Waals surface area contributed by atoms with Gasteiger partial charge in [-0.1, -0.05) is 36.7 Å². The Balaban J connectivity index is 2.62. The Hall–Kier alpha value is -1.45. The van der Waals surface area contributed by atoms with Crippen LogP contribution in [0.25, 0.3) is 0 Å². The van der Waals surface area contributed by atoms with Crippen LogP contribution in [-0.4, -0.2) is 6.54 Å². The minimum Gasteiger partial charge on any atom is -0.306 e. The van der Waals surface area contributed by atoms with Gasteiger partial charge in [-0.15, -0.1) is 0 Å². The molecule has 112 valence electrons. The Kier molecular flexibility index (Phi) is 4.96. The van der Waals surface area contributed by atoms with E-state index in [1.54, 1.807) is 0 Å². The molecule has 1 N–H and O–H groups in total. The fraction of sp³-hybridized carbons (Fsp3) is 0.294. The van der Waals surface area contributed by atoms with Gasteiger partial charge < -0.3 is 5.32 Å². The molecule has 0 heterocycles. The van der Waals surface area contributed by atoms with Crippen molar-refractivity contribution in [2.45, 2.75) is 26.8 Å². The Labute approximate surface area is 128 Å². The molecule has 0 aliphatic rings. The Morgan fingerprint density at radius 3 is 2.24 bits per heavy atom. The highest BCUT2D eigenvalue weighted by Crippen LogP contribution is 2.33. The van der Waals surface area contributed by atoms with E-state index in [2.05, 4.69) is 5.32 Å². The number of aryl methyl sites for hydroxylation is 2. The lowest BCUT2D eigenvalue weighted by Crippen LogP contribution is -2.24. The van der Waals surface area contributed by atoms with Gasteiger partial charge in [0, 0.05) is 5.02 Å². The van der Waals surface area contributed by atoms with Crippen molar-refractivity contribution in [2.24, 2.45) is 0 Å². The smallest absolute Gasteiger partial charge is 0.160 e. The van der Waals surface area contributed by atoms with Crippen LogP contribution in [-0.2, 0) is 0 Å². The molecule has 0 bridgehead atoms. The third kappa shape index (κ3) is 3.25. The second kappa shape index (κ2) is 6.54. The van der Waals surface area contributed by atoms with E-state index in [4.69, 9.17) is 11.6 Å². The van der Waals surface area contributed by atoms with E-state index in [0.29, 0.717) is 12.1 Å². The van der Waals surface area contributed by atoms with Crippen molar-refractivity contribution in [3.05, 3.63) is 69.2 Å². The molecule has 0 saturated carbocycles. The molecule has 1 atom stereocenters. The molecule has 2 aromatic carbocycles. The topological polar surface area (TPSA) is 12.0 Å². The maximum absolute atomic E-state index is 13.6. The summed E-state index contributed by atoms with van der Waals surface area (Å²) in [6.45, 7) is 6.66. The lowest BCUT2D eigenvalue weighted by atomic mass is 9.91. The van der Waals surface area contributed by atoms with Gasteiger partial charge in [-0.3, -0.25) is 0 Å². The van der Waals surface area contributed by atoms with Crippen LogP contribution in [0.1, 0.15) is 35.2 Å². The van der Waals surface area contributed by atoms with Gasteiger partial charge in [-0.2, -0.15) is 0 Å². The van der Waals surface area contributed by atoms with Gasteiger partial charge in [0.05, 0.1) is 6.04 Å². The average molecular weight is 310 g/mol. The molecular weight excluding hydrogens is 292 g/mol. The summed E-state index contributed by atoms with van der Waals surface area (Å²) < 4.78 is 26.9. The van der Waals surface area contributed by atoms with E-state index in [9.17, 15) is 8.78 Å². The van der Waals surface area contributed by atoms with Crippen molar-refractivity contribution in [1.29, 1.82) is 0 Å². The summed E-state index contributed by atoms with van der Waals surface area (Å²) >= 11 is 6.14. The largest absolute Gasteiger partial charge is 0.306 e. The molecule has 2 aromatic rings. The summed E-state index contributed by atoms with van der Waals surface area (Å²) in [7, 11) is 0. The first-order chi connectivity index (χ1) is 9.95. The maximum Gasteiger partial charge on any atom is 0.160 e. The van der Waals surface area contributed by atoms with Crippen LogP contribution in [0.2, 0.25) is 5.02 Å². The van der Waals surface area contributed by atoms with Gasteiger partial charge in [-0.05, 0) is 54.8 Å². The first-order valence-electron chi connectivity index (χ1n) is 6.89. The minimum absolute atomic E-state index is 0.225. The van der Waals surface area contributed by atoms with Crippen molar-refractivity contribution in [1.82, 2.24) is 5.32 Å². The summed E-state index contributed by atoms with van der Waals surface area (Å²) in [5.41, 5.74) is 3.77. The fourth-order valence-electron chi connectivity index (χ4n) is 2.61. The van der Waals surface area contributed by atoms with E-state index in [0.717, 1.165) is 22.8 Å². The van der Waals surface area contributed by atoms with E-state index >= 15 is 0 Å². The second-order valence-corrected chi connectivity index (χ2v) is 5.49. The van der Waals surface area contributed by atoms with Gasteiger partial charge in [0.2, 0.25) is 0 Å². The van der Waals surface area contributed by atoms with Crippen LogP contribution in [0.5, 0.6) is 0 Å². The first-order valence-corrected chi connectivity index (χ1v) is 7.27. The number of rotatable bonds is 4. The van der Waals surface area contributed by atoms with Crippen LogP contribution < -0.4 is 5.32 Å². The van der Waals surface area contributed by atoms with Gasteiger partial charge in [0.15, 0.2) is 11.6 Å². The SMILES string of the molecule is CCNC(c1cc(F)c(F)cc1Cl)c1c(C)cccc1C. The molecule has 1 unspecified atom stereocenters. The molecule has 0 fully saturated rings. The van der Waals surface area contributed by atoms with Crippen LogP contribution in [0, 0.1) is 25.5 Å². The molecule has 0 aromatic heterocycles. The highest BCUT2D eigenvalue weighted by atomic mass is 35.5. The molecular formula is C17H18ClF2N. The zero-order valence-corrected chi connectivity index (χ0v) is 13.1. The van der Waals surface area contributed by atoms with Gasteiger partial charge >= 0.3 is 0 Å². The van der Waals surface area contributed by atoms with Crippen molar-refractivity contribution >= 4 is 11.6 Å². The van der Waals surface area contributed by atoms with Crippen molar-refractivity contribution in [2.75, 3.05) is 6.54 Å². The van der Waals surface area contributed by atoms with E-state index in [-0.39, 0.29) is 11.1 Å². The van der Waals surface area contributed by atoms with Crippen molar-refractivity contribution in [3.8, 4) is 0 Å². The number of halogens is 3. The lowest BCUT2D eigenvalue weighted by Gasteiger charge is -2.24. The predicted octanol–water partition coefficient (Wildman–Crippen LogP) is 4.93. The van der Waals surface area contributed by atoms with E-state index in [1.807, 2.05) is 39.0 Å². The molecule has 21 heavy (non-hydrogen) atoms. The third-order valence-corrected chi connectivity index (χ3v) is 3.92. The minimum atomic E-state index is -0.930. The summed E-state index contributed by atoms with van der Waals surface area (Å²) in [4.78, 5) is 0. The fourth-order valence-corrected chi connectivity index (χ4v) is 2.87. The maximum atomic E-state index is 13.6. The highest BCUT2D eigenvalue weighted by Gasteiger charge is 2.21. The molecule has 0 saturated heterocycles. The number of nitrogens with one attached hydrogen (secondary N) is 1. The summed E-state index contributed by atoms with van der Waals surface area (Å²) in [5.74, 6) is -1.82.